The normalized spacial score (nSPS) is 15.0. The molecule has 6 nitrogen and oxygen atoms in total. The number of nitrogens with zero attached hydrogens (tertiary/aromatic N) is 4. The van der Waals surface area contributed by atoms with E-state index in [4.69, 9.17) is 14.7 Å². The van der Waals surface area contributed by atoms with Crippen molar-refractivity contribution in [2.75, 3.05) is 44.8 Å². The molecule has 1 fully saturated rings. The number of aryl methyl sites for hydroxylation is 1. The van der Waals surface area contributed by atoms with Crippen LogP contribution in [0.4, 0.5) is 5.82 Å². The Morgan fingerprint density at radius 3 is 2.54 bits per heavy atom. The van der Waals surface area contributed by atoms with Gasteiger partial charge in [0, 0.05) is 50.1 Å². The summed E-state index contributed by atoms with van der Waals surface area (Å²) in [7, 11) is 1.56. The van der Waals surface area contributed by atoms with Crippen LogP contribution in [0.1, 0.15) is 37.4 Å². The second-order valence-corrected chi connectivity index (χ2v) is 7.55. The van der Waals surface area contributed by atoms with Crippen LogP contribution in [0.2, 0.25) is 0 Å². The van der Waals surface area contributed by atoms with Crippen LogP contribution in [0.5, 0.6) is 0 Å². The van der Waals surface area contributed by atoms with Crippen LogP contribution in [-0.2, 0) is 9.53 Å². The van der Waals surface area contributed by atoms with Gasteiger partial charge in [0.2, 0.25) is 5.91 Å². The standard InChI is InChI=1S/C22H30N4O2/c1-16(2)20-17(3)23-21(18-9-6-5-7-10-18)24-22(20)26-12-8-11-25(13-14-26)19(27)15-28-4/h5-7,9-10,16H,8,11-15H2,1-4H3. The van der Waals surface area contributed by atoms with Crippen molar-refractivity contribution in [3.05, 3.63) is 41.6 Å². The highest BCUT2D eigenvalue weighted by Gasteiger charge is 2.24. The zero-order chi connectivity index (χ0) is 20.1. The lowest BCUT2D eigenvalue weighted by atomic mass is 10.0. The van der Waals surface area contributed by atoms with Crippen molar-refractivity contribution in [3.63, 3.8) is 0 Å². The van der Waals surface area contributed by atoms with Crippen LogP contribution in [0.15, 0.2) is 30.3 Å². The third-order valence-electron chi connectivity index (χ3n) is 5.14. The molecule has 6 heteroatoms. The quantitative estimate of drug-likeness (QED) is 0.794. The maximum Gasteiger partial charge on any atom is 0.248 e. The van der Waals surface area contributed by atoms with Gasteiger partial charge in [-0.05, 0) is 19.3 Å². The summed E-state index contributed by atoms with van der Waals surface area (Å²) in [5.41, 5.74) is 3.24. The minimum absolute atomic E-state index is 0.0530. The van der Waals surface area contributed by atoms with E-state index in [1.54, 1.807) is 7.11 Å². The minimum atomic E-state index is 0.0530. The molecule has 2 heterocycles. The molecular formula is C22H30N4O2. The Labute approximate surface area is 167 Å². The first-order valence-corrected chi connectivity index (χ1v) is 9.97. The van der Waals surface area contributed by atoms with E-state index in [-0.39, 0.29) is 12.5 Å². The average molecular weight is 383 g/mol. The molecule has 28 heavy (non-hydrogen) atoms. The van der Waals surface area contributed by atoms with Gasteiger partial charge >= 0.3 is 0 Å². The predicted molar refractivity (Wildman–Crippen MR) is 112 cm³/mol. The van der Waals surface area contributed by atoms with Gasteiger partial charge < -0.3 is 14.5 Å². The van der Waals surface area contributed by atoms with Crippen LogP contribution in [0.25, 0.3) is 11.4 Å². The van der Waals surface area contributed by atoms with Crippen molar-refractivity contribution in [1.82, 2.24) is 14.9 Å². The molecule has 1 amide bonds. The van der Waals surface area contributed by atoms with Gasteiger partial charge in [0.1, 0.15) is 12.4 Å². The highest BCUT2D eigenvalue weighted by atomic mass is 16.5. The molecule has 0 saturated carbocycles. The first-order valence-electron chi connectivity index (χ1n) is 9.97. The first-order chi connectivity index (χ1) is 13.5. The van der Waals surface area contributed by atoms with Gasteiger partial charge in [0.15, 0.2) is 5.82 Å². The minimum Gasteiger partial charge on any atom is -0.375 e. The molecule has 1 saturated heterocycles. The number of methoxy groups -OCH3 is 1. The summed E-state index contributed by atoms with van der Waals surface area (Å²) >= 11 is 0. The molecule has 0 N–H and O–H groups in total. The number of hydrogen-bond acceptors (Lipinski definition) is 5. The molecule has 1 aliphatic heterocycles. The SMILES string of the molecule is COCC(=O)N1CCCN(c2nc(-c3ccccc3)nc(C)c2C(C)C)CC1. The summed E-state index contributed by atoms with van der Waals surface area (Å²) < 4.78 is 5.01. The highest BCUT2D eigenvalue weighted by Crippen LogP contribution is 2.31. The monoisotopic (exact) mass is 382 g/mol. The summed E-state index contributed by atoms with van der Waals surface area (Å²) in [6, 6.07) is 10.1. The van der Waals surface area contributed by atoms with E-state index in [0.29, 0.717) is 12.5 Å². The van der Waals surface area contributed by atoms with Gasteiger partial charge in [-0.3, -0.25) is 4.79 Å². The molecule has 0 bridgehead atoms. The molecule has 1 aromatic carbocycles. The topological polar surface area (TPSA) is 58.6 Å². The van der Waals surface area contributed by atoms with Crippen LogP contribution >= 0.6 is 0 Å². The number of rotatable bonds is 5. The third-order valence-corrected chi connectivity index (χ3v) is 5.14. The first kappa shape index (κ1) is 20.3. The largest absolute Gasteiger partial charge is 0.375 e. The predicted octanol–water partition coefficient (Wildman–Crippen LogP) is 3.26. The van der Waals surface area contributed by atoms with Crippen LogP contribution in [0.3, 0.4) is 0 Å². The Bertz CT molecular complexity index is 808. The molecule has 1 aliphatic rings. The maximum atomic E-state index is 12.2. The summed E-state index contributed by atoms with van der Waals surface area (Å²) in [6.07, 6.45) is 0.913. The van der Waals surface area contributed by atoms with Crippen LogP contribution < -0.4 is 4.90 Å². The van der Waals surface area contributed by atoms with Crippen molar-refractivity contribution >= 4 is 11.7 Å². The van der Waals surface area contributed by atoms with Crippen molar-refractivity contribution in [1.29, 1.82) is 0 Å². The third kappa shape index (κ3) is 4.50. The molecule has 2 aromatic rings. The van der Waals surface area contributed by atoms with Gasteiger partial charge in [-0.1, -0.05) is 44.2 Å². The highest BCUT2D eigenvalue weighted by molar-refractivity contribution is 5.77. The number of ether oxygens (including phenoxy) is 1. The summed E-state index contributed by atoms with van der Waals surface area (Å²) in [4.78, 5) is 26.2. The van der Waals surface area contributed by atoms with E-state index in [0.717, 1.165) is 49.0 Å². The maximum absolute atomic E-state index is 12.2. The van der Waals surface area contributed by atoms with Crippen molar-refractivity contribution in [2.24, 2.45) is 0 Å². The van der Waals surface area contributed by atoms with Crippen molar-refractivity contribution in [2.45, 2.75) is 33.1 Å². The molecule has 0 aliphatic carbocycles. The van der Waals surface area contributed by atoms with Gasteiger partial charge in [-0.25, -0.2) is 9.97 Å². The molecule has 0 radical (unpaired) electrons. The molecular weight excluding hydrogens is 352 g/mol. The van der Waals surface area contributed by atoms with Crippen molar-refractivity contribution < 1.29 is 9.53 Å². The lowest BCUT2D eigenvalue weighted by Gasteiger charge is -2.27. The van der Waals surface area contributed by atoms with E-state index < -0.39 is 0 Å². The second kappa shape index (κ2) is 9.15. The number of anilines is 1. The number of hydrogen-bond donors (Lipinski definition) is 0. The Balaban J connectivity index is 1.93. The molecule has 1 aromatic heterocycles. The van der Waals surface area contributed by atoms with E-state index in [9.17, 15) is 4.79 Å². The van der Waals surface area contributed by atoms with E-state index in [1.165, 1.54) is 5.56 Å². The van der Waals surface area contributed by atoms with E-state index in [2.05, 4.69) is 25.7 Å². The van der Waals surface area contributed by atoms with Crippen molar-refractivity contribution in [3.8, 4) is 11.4 Å². The molecule has 0 unspecified atom stereocenters. The van der Waals surface area contributed by atoms with Gasteiger partial charge in [0.25, 0.3) is 0 Å². The number of benzene rings is 1. The Kier molecular flexibility index (Phi) is 6.62. The number of aromatic nitrogens is 2. The Morgan fingerprint density at radius 2 is 1.86 bits per heavy atom. The lowest BCUT2D eigenvalue weighted by molar-refractivity contribution is -0.134. The fourth-order valence-electron chi connectivity index (χ4n) is 3.79. The summed E-state index contributed by atoms with van der Waals surface area (Å²) in [5.74, 6) is 2.14. The number of carbonyl (C=O) groups is 1. The summed E-state index contributed by atoms with van der Waals surface area (Å²) in [6.45, 7) is 9.66. The fourth-order valence-corrected chi connectivity index (χ4v) is 3.79. The lowest BCUT2D eigenvalue weighted by Crippen LogP contribution is -2.37. The molecule has 0 spiro atoms. The van der Waals surface area contributed by atoms with E-state index >= 15 is 0 Å². The Hall–Kier alpha value is -2.47. The molecule has 3 rings (SSSR count). The van der Waals surface area contributed by atoms with Crippen LogP contribution in [0, 0.1) is 6.92 Å². The Morgan fingerprint density at radius 1 is 1.11 bits per heavy atom. The zero-order valence-corrected chi connectivity index (χ0v) is 17.3. The molecule has 0 atom stereocenters. The smallest absolute Gasteiger partial charge is 0.248 e. The summed E-state index contributed by atoms with van der Waals surface area (Å²) in [5, 5.41) is 0. The zero-order valence-electron chi connectivity index (χ0n) is 17.3. The van der Waals surface area contributed by atoms with Gasteiger partial charge in [-0.15, -0.1) is 0 Å². The van der Waals surface area contributed by atoms with Crippen LogP contribution in [-0.4, -0.2) is 60.7 Å². The second-order valence-electron chi connectivity index (χ2n) is 7.55. The number of carbonyl (C=O) groups excluding carboxylic acids is 1. The van der Waals surface area contributed by atoms with Gasteiger partial charge in [-0.2, -0.15) is 0 Å². The fraction of sp³-hybridized carbons (Fsp3) is 0.500. The van der Waals surface area contributed by atoms with E-state index in [1.807, 2.05) is 35.2 Å². The number of amides is 1. The molecule has 150 valence electrons. The van der Waals surface area contributed by atoms with Gasteiger partial charge in [0.05, 0.1) is 0 Å². The average Bonchev–Trinajstić information content (AvgIpc) is 2.94.